The number of aryl methyl sites for hydroxylation is 1. The number of halogens is 1. The van der Waals surface area contributed by atoms with Gasteiger partial charge in [0.05, 0.1) is 0 Å². The molecule has 5 heteroatoms. The summed E-state index contributed by atoms with van der Waals surface area (Å²) in [6.45, 7) is 0.475. The Labute approximate surface area is 127 Å². The lowest BCUT2D eigenvalue weighted by Crippen LogP contribution is -2.08. The SMILES string of the molecule is OCc1nnc(-c2ccc(F)cc2)n1CCc1ccccc1. The zero-order valence-corrected chi connectivity index (χ0v) is 12.0. The first-order valence-corrected chi connectivity index (χ1v) is 7.11. The second kappa shape index (κ2) is 6.49. The van der Waals surface area contributed by atoms with Crippen molar-refractivity contribution >= 4 is 0 Å². The summed E-state index contributed by atoms with van der Waals surface area (Å²) in [7, 11) is 0. The summed E-state index contributed by atoms with van der Waals surface area (Å²) >= 11 is 0. The number of aliphatic hydroxyl groups is 1. The molecule has 0 spiro atoms. The van der Waals surface area contributed by atoms with Crippen molar-refractivity contribution in [1.82, 2.24) is 14.8 Å². The molecule has 0 fully saturated rings. The maximum Gasteiger partial charge on any atom is 0.164 e. The smallest absolute Gasteiger partial charge is 0.164 e. The molecular weight excluding hydrogens is 281 g/mol. The lowest BCUT2D eigenvalue weighted by atomic mass is 10.1. The number of aliphatic hydroxyl groups excluding tert-OH is 1. The van der Waals surface area contributed by atoms with Crippen LogP contribution in [0.25, 0.3) is 11.4 Å². The third-order valence-electron chi connectivity index (χ3n) is 3.54. The van der Waals surface area contributed by atoms with Crippen LogP contribution in [0.1, 0.15) is 11.4 Å². The van der Waals surface area contributed by atoms with E-state index < -0.39 is 0 Å². The Morgan fingerprint density at radius 2 is 1.68 bits per heavy atom. The molecule has 0 atom stereocenters. The Morgan fingerprint density at radius 1 is 0.955 bits per heavy atom. The summed E-state index contributed by atoms with van der Waals surface area (Å²) in [4.78, 5) is 0. The molecule has 22 heavy (non-hydrogen) atoms. The number of rotatable bonds is 5. The summed E-state index contributed by atoms with van der Waals surface area (Å²) in [6, 6.07) is 16.2. The average molecular weight is 297 g/mol. The van der Waals surface area contributed by atoms with Crippen molar-refractivity contribution in [2.75, 3.05) is 0 Å². The third-order valence-corrected chi connectivity index (χ3v) is 3.54. The Bertz CT molecular complexity index is 738. The van der Waals surface area contributed by atoms with Gasteiger partial charge in [0.2, 0.25) is 0 Å². The molecule has 0 aliphatic carbocycles. The van der Waals surface area contributed by atoms with Crippen LogP contribution in [-0.4, -0.2) is 19.9 Å². The number of hydrogen-bond donors (Lipinski definition) is 1. The van der Waals surface area contributed by atoms with Crippen LogP contribution in [-0.2, 0) is 19.6 Å². The fourth-order valence-corrected chi connectivity index (χ4v) is 2.39. The van der Waals surface area contributed by atoms with Crippen LogP contribution in [0, 0.1) is 5.82 Å². The van der Waals surface area contributed by atoms with Crippen LogP contribution in [0.2, 0.25) is 0 Å². The zero-order valence-electron chi connectivity index (χ0n) is 12.0. The number of nitrogens with zero attached hydrogens (tertiary/aromatic N) is 3. The van der Waals surface area contributed by atoms with Gasteiger partial charge in [-0.05, 0) is 36.2 Å². The van der Waals surface area contributed by atoms with Gasteiger partial charge in [-0.2, -0.15) is 0 Å². The van der Waals surface area contributed by atoms with E-state index in [2.05, 4.69) is 22.3 Å². The van der Waals surface area contributed by atoms with Crippen LogP contribution in [0.3, 0.4) is 0 Å². The van der Waals surface area contributed by atoms with Crippen molar-refractivity contribution in [1.29, 1.82) is 0 Å². The van der Waals surface area contributed by atoms with E-state index in [1.807, 2.05) is 22.8 Å². The monoisotopic (exact) mass is 297 g/mol. The normalized spacial score (nSPS) is 10.8. The van der Waals surface area contributed by atoms with Crippen molar-refractivity contribution in [2.45, 2.75) is 19.6 Å². The molecule has 4 nitrogen and oxygen atoms in total. The highest BCUT2D eigenvalue weighted by atomic mass is 19.1. The Balaban J connectivity index is 1.88. The quantitative estimate of drug-likeness (QED) is 0.788. The van der Waals surface area contributed by atoms with E-state index in [1.54, 1.807) is 12.1 Å². The maximum absolute atomic E-state index is 13.1. The van der Waals surface area contributed by atoms with Crippen LogP contribution in [0.5, 0.6) is 0 Å². The van der Waals surface area contributed by atoms with Crippen LogP contribution < -0.4 is 0 Å². The predicted octanol–water partition coefficient (Wildman–Crippen LogP) is 2.82. The number of aromatic nitrogens is 3. The third kappa shape index (κ3) is 3.04. The first kappa shape index (κ1) is 14.4. The lowest BCUT2D eigenvalue weighted by Gasteiger charge is -2.09. The molecule has 0 unspecified atom stereocenters. The topological polar surface area (TPSA) is 50.9 Å². The molecule has 1 aromatic heterocycles. The lowest BCUT2D eigenvalue weighted by molar-refractivity contribution is 0.264. The molecule has 2 aromatic carbocycles. The predicted molar refractivity (Wildman–Crippen MR) is 81.5 cm³/mol. The van der Waals surface area contributed by atoms with Gasteiger partial charge in [0, 0.05) is 12.1 Å². The molecule has 1 N–H and O–H groups in total. The highest BCUT2D eigenvalue weighted by Crippen LogP contribution is 2.19. The minimum Gasteiger partial charge on any atom is -0.388 e. The average Bonchev–Trinajstić information content (AvgIpc) is 2.97. The van der Waals surface area contributed by atoms with Crippen molar-refractivity contribution in [3.05, 3.63) is 71.8 Å². The summed E-state index contributed by atoms with van der Waals surface area (Å²) in [5.74, 6) is 0.858. The van der Waals surface area contributed by atoms with Crippen molar-refractivity contribution in [3.63, 3.8) is 0 Å². The van der Waals surface area contributed by atoms with E-state index >= 15 is 0 Å². The molecule has 112 valence electrons. The molecule has 0 aliphatic heterocycles. The minimum atomic E-state index is -0.290. The van der Waals surface area contributed by atoms with Crippen LogP contribution in [0.15, 0.2) is 54.6 Å². The highest BCUT2D eigenvalue weighted by Gasteiger charge is 2.13. The summed E-state index contributed by atoms with van der Waals surface area (Å²) in [5.41, 5.74) is 1.98. The number of benzene rings is 2. The van der Waals surface area contributed by atoms with Gasteiger partial charge >= 0.3 is 0 Å². The van der Waals surface area contributed by atoms with Gasteiger partial charge in [0.25, 0.3) is 0 Å². The van der Waals surface area contributed by atoms with Gasteiger partial charge < -0.3 is 9.67 Å². The molecule has 0 saturated carbocycles. The molecule has 0 amide bonds. The first-order valence-electron chi connectivity index (χ1n) is 7.11. The molecule has 3 rings (SSSR count). The van der Waals surface area contributed by atoms with Gasteiger partial charge in [-0.3, -0.25) is 0 Å². The molecule has 0 radical (unpaired) electrons. The molecule has 0 aliphatic rings. The minimum absolute atomic E-state index is 0.178. The second-order valence-electron chi connectivity index (χ2n) is 4.99. The summed E-state index contributed by atoms with van der Waals surface area (Å²) < 4.78 is 14.9. The van der Waals surface area contributed by atoms with Crippen molar-refractivity contribution < 1.29 is 9.50 Å². The fraction of sp³-hybridized carbons (Fsp3) is 0.176. The standard InChI is InChI=1S/C17H16FN3O/c18-15-8-6-14(7-9-15)17-20-19-16(12-22)21(17)11-10-13-4-2-1-3-5-13/h1-9,22H,10-12H2. The summed E-state index contributed by atoms with van der Waals surface area (Å²) in [6.07, 6.45) is 0.806. The van der Waals surface area contributed by atoms with Crippen molar-refractivity contribution in [3.8, 4) is 11.4 Å². The van der Waals surface area contributed by atoms with E-state index in [-0.39, 0.29) is 12.4 Å². The molecule has 0 bridgehead atoms. The Kier molecular flexibility index (Phi) is 4.25. The van der Waals surface area contributed by atoms with Gasteiger partial charge in [0.15, 0.2) is 11.6 Å². The maximum atomic E-state index is 13.1. The van der Waals surface area contributed by atoms with Gasteiger partial charge in [-0.25, -0.2) is 4.39 Å². The Hall–Kier alpha value is -2.53. The van der Waals surface area contributed by atoms with E-state index in [0.717, 1.165) is 12.0 Å². The van der Waals surface area contributed by atoms with E-state index in [9.17, 15) is 9.50 Å². The zero-order chi connectivity index (χ0) is 15.4. The van der Waals surface area contributed by atoms with Crippen LogP contribution >= 0.6 is 0 Å². The van der Waals surface area contributed by atoms with E-state index in [0.29, 0.717) is 18.2 Å². The van der Waals surface area contributed by atoms with Gasteiger partial charge in [-0.1, -0.05) is 30.3 Å². The van der Waals surface area contributed by atoms with Gasteiger partial charge in [-0.15, -0.1) is 10.2 Å². The fourth-order valence-electron chi connectivity index (χ4n) is 2.39. The molecule has 1 heterocycles. The Morgan fingerprint density at radius 3 is 2.36 bits per heavy atom. The van der Waals surface area contributed by atoms with E-state index in [1.165, 1.54) is 17.7 Å². The van der Waals surface area contributed by atoms with Crippen LogP contribution in [0.4, 0.5) is 4.39 Å². The first-order chi connectivity index (χ1) is 10.8. The molecule has 3 aromatic rings. The van der Waals surface area contributed by atoms with Crippen molar-refractivity contribution in [2.24, 2.45) is 0 Å². The largest absolute Gasteiger partial charge is 0.388 e. The molecular formula is C17H16FN3O. The number of hydrogen-bond acceptors (Lipinski definition) is 3. The summed E-state index contributed by atoms with van der Waals surface area (Å²) in [5, 5.41) is 17.6. The van der Waals surface area contributed by atoms with E-state index in [4.69, 9.17) is 0 Å². The molecule has 0 saturated heterocycles. The van der Waals surface area contributed by atoms with Gasteiger partial charge in [0.1, 0.15) is 12.4 Å². The highest BCUT2D eigenvalue weighted by molar-refractivity contribution is 5.55. The second-order valence-corrected chi connectivity index (χ2v) is 4.99.